The van der Waals surface area contributed by atoms with E-state index in [-0.39, 0.29) is 5.56 Å². The molecule has 0 saturated carbocycles. The zero-order valence-electron chi connectivity index (χ0n) is 12.0. The molecule has 0 spiro atoms. The Bertz CT molecular complexity index is 1030. The summed E-state index contributed by atoms with van der Waals surface area (Å²) in [6.45, 7) is 2.61. The minimum atomic E-state index is -0.166. The zero-order chi connectivity index (χ0) is 15.1. The van der Waals surface area contributed by atoms with E-state index >= 15 is 0 Å². The van der Waals surface area contributed by atoms with Crippen molar-refractivity contribution < 1.29 is 0 Å². The number of hydrogen-bond donors (Lipinski definition) is 1. The first-order chi connectivity index (χ1) is 10.8. The Morgan fingerprint density at radius 1 is 1.18 bits per heavy atom. The largest absolute Gasteiger partial charge is 0.327 e. The summed E-state index contributed by atoms with van der Waals surface area (Å²) in [5.41, 5.74) is 1.73. The number of nitrogens with zero attached hydrogens (tertiary/aromatic N) is 5. The summed E-state index contributed by atoms with van der Waals surface area (Å²) in [6.07, 6.45) is 7.83. The molecule has 4 heterocycles. The number of imidazole rings is 2. The summed E-state index contributed by atoms with van der Waals surface area (Å²) in [5, 5.41) is 0. The molecule has 0 saturated heterocycles. The van der Waals surface area contributed by atoms with Crippen LogP contribution in [-0.4, -0.2) is 28.9 Å². The summed E-state index contributed by atoms with van der Waals surface area (Å²) in [4.78, 5) is 28.1. The lowest BCUT2D eigenvalue weighted by Crippen LogP contribution is -2.13. The molecule has 0 aliphatic carbocycles. The van der Waals surface area contributed by atoms with Gasteiger partial charge in [-0.15, -0.1) is 0 Å². The molecule has 0 radical (unpaired) electrons. The number of pyridine rings is 1. The summed E-state index contributed by atoms with van der Waals surface area (Å²) in [5.74, 6) is 1.75. The molecule has 0 bridgehead atoms. The Hall–Kier alpha value is -2.96. The Balaban J connectivity index is 1.97. The van der Waals surface area contributed by atoms with Crippen molar-refractivity contribution in [2.24, 2.45) is 0 Å². The first-order valence-corrected chi connectivity index (χ1v) is 7.11. The molecule has 7 nitrogen and oxygen atoms in total. The van der Waals surface area contributed by atoms with E-state index in [0.717, 1.165) is 18.1 Å². The molecule has 0 amide bonds. The van der Waals surface area contributed by atoms with E-state index in [0.29, 0.717) is 23.2 Å². The molecule has 4 aromatic rings. The van der Waals surface area contributed by atoms with Crippen LogP contribution in [0.5, 0.6) is 0 Å². The van der Waals surface area contributed by atoms with Crippen molar-refractivity contribution in [3.05, 3.63) is 58.9 Å². The molecular formula is C15H14N6O. The highest BCUT2D eigenvalue weighted by atomic mass is 16.1. The maximum atomic E-state index is 12.2. The van der Waals surface area contributed by atoms with Crippen molar-refractivity contribution in [2.75, 3.05) is 0 Å². The third-order valence-corrected chi connectivity index (χ3v) is 3.74. The second kappa shape index (κ2) is 4.80. The molecule has 0 aliphatic heterocycles. The van der Waals surface area contributed by atoms with E-state index in [9.17, 15) is 4.79 Å². The maximum absolute atomic E-state index is 12.2. The van der Waals surface area contributed by atoms with Gasteiger partial charge in [-0.05, 0) is 12.1 Å². The molecule has 0 fully saturated rings. The molecule has 1 N–H and O–H groups in total. The van der Waals surface area contributed by atoms with Crippen LogP contribution in [0, 0.1) is 0 Å². The minimum Gasteiger partial charge on any atom is -0.327 e. The summed E-state index contributed by atoms with van der Waals surface area (Å²) < 4.78 is 3.85. The number of hydrogen-bond acceptors (Lipinski definition) is 4. The normalized spacial score (nSPS) is 11.5. The van der Waals surface area contributed by atoms with Gasteiger partial charge < -0.3 is 9.55 Å². The molecule has 22 heavy (non-hydrogen) atoms. The number of fused-ring (bicyclic) bond motifs is 3. The van der Waals surface area contributed by atoms with Crippen LogP contribution in [0.1, 0.15) is 18.6 Å². The van der Waals surface area contributed by atoms with E-state index in [1.165, 1.54) is 0 Å². The summed E-state index contributed by atoms with van der Waals surface area (Å²) in [7, 11) is 0. The number of rotatable bonds is 3. The molecule has 0 aliphatic rings. The SMILES string of the molecule is CCc1nccn1Cc1ncc2c(=O)[nH]c3cccnc3n12. The lowest BCUT2D eigenvalue weighted by atomic mass is 10.4. The van der Waals surface area contributed by atoms with Gasteiger partial charge in [-0.1, -0.05) is 6.92 Å². The lowest BCUT2D eigenvalue weighted by molar-refractivity contribution is 0.696. The Morgan fingerprint density at radius 3 is 2.95 bits per heavy atom. The molecular weight excluding hydrogens is 280 g/mol. The molecule has 0 unspecified atom stereocenters. The highest BCUT2D eigenvalue weighted by Crippen LogP contribution is 2.13. The standard InChI is InChI=1S/C15H14N6O/c1-2-12-16-6-7-20(12)9-13-18-8-11-15(22)19-10-4-3-5-17-14(10)21(11)13/h3-8H,2,9H2,1H3,(H,19,22). The van der Waals surface area contributed by atoms with Crippen molar-refractivity contribution in [3.63, 3.8) is 0 Å². The monoisotopic (exact) mass is 294 g/mol. The topological polar surface area (TPSA) is 80.9 Å². The molecule has 0 aromatic carbocycles. The highest BCUT2D eigenvalue weighted by molar-refractivity contribution is 5.73. The lowest BCUT2D eigenvalue weighted by Gasteiger charge is -2.07. The van der Waals surface area contributed by atoms with Crippen LogP contribution in [0.4, 0.5) is 0 Å². The predicted molar refractivity (Wildman–Crippen MR) is 81.8 cm³/mol. The van der Waals surface area contributed by atoms with Gasteiger partial charge in [0.05, 0.1) is 18.3 Å². The Kier molecular flexibility index (Phi) is 2.78. The van der Waals surface area contributed by atoms with Gasteiger partial charge in [0.2, 0.25) is 0 Å². The van der Waals surface area contributed by atoms with Gasteiger partial charge >= 0.3 is 0 Å². The zero-order valence-corrected chi connectivity index (χ0v) is 12.0. The minimum absolute atomic E-state index is 0.166. The second-order valence-corrected chi connectivity index (χ2v) is 5.05. The maximum Gasteiger partial charge on any atom is 0.274 e. The molecule has 4 aromatic heterocycles. The number of aromatic amines is 1. The van der Waals surface area contributed by atoms with E-state index in [2.05, 4.69) is 26.9 Å². The van der Waals surface area contributed by atoms with Gasteiger partial charge in [-0.25, -0.2) is 15.0 Å². The second-order valence-electron chi connectivity index (χ2n) is 5.05. The van der Waals surface area contributed by atoms with Gasteiger partial charge in [0.25, 0.3) is 5.56 Å². The van der Waals surface area contributed by atoms with Crippen molar-refractivity contribution in [1.82, 2.24) is 28.9 Å². The Morgan fingerprint density at radius 2 is 2.09 bits per heavy atom. The predicted octanol–water partition coefficient (Wildman–Crippen LogP) is 1.38. The number of aryl methyl sites for hydroxylation is 1. The van der Waals surface area contributed by atoms with Crippen molar-refractivity contribution in [1.29, 1.82) is 0 Å². The summed E-state index contributed by atoms with van der Waals surface area (Å²) >= 11 is 0. The van der Waals surface area contributed by atoms with Gasteiger partial charge in [0, 0.05) is 25.0 Å². The van der Waals surface area contributed by atoms with Crippen LogP contribution in [-0.2, 0) is 13.0 Å². The smallest absolute Gasteiger partial charge is 0.274 e. The van der Waals surface area contributed by atoms with E-state index in [1.54, 1.807) is 24.7 Å². The van der Waals surface area contributed by atoms with Crippen LogP contribution < -0.4 is 5.56 Å². The van der Waals surface area contributed by atoms with Crippen molar-refractivity contribution >= 4 is 16.7 Å². The van der Waals surface area contributed by atoms with Crippen molar-refractivity contribution in [2.45, 2.75) is 19.9 Å². The average Bonchev–Trinajstić information content (AvgIpc) is 3.15. The van der Waals surface area contributed by atoms with E-state index < -0.39 is 0 Å². The fourth-order valence-corrected chi connectivity index (χ4v) is 2.71. The van der Waals surface area contributed by atoms with Crippen LogP contribution >= 0.6 is 0 Å². The third kappa shape index (κ3) is 1.82. The number of aromatic nitrogens is 6. The van der Waals surface area contributed by atoms with Crippen molar-refractivity contribution in [3.8, 4) is 0 Å². The van der Waals surface area contributed by atoms with Crippen LogP contribution in [0.15, 0.2) is 41.7 Å². The van der Waals surface area contributed by atoms with Gasteiger partial charge in [-0.3, -0.25) is 9.20 Å². The number of nitrogens with one attached hydrogen (secondary N) is 1. The first kappa shape index (κ1) is 12.8. The molecule has 4 rings (SSSR count). The average molecular weight is 294 g/mol. The number of H-pyrrole nitrogens is 1. The van der Waals surface area contributed by atoms with Gasteiger partial charge in [0.1, 0.15) is 17.2 Å². The molecule has 0 atom stereocenters. The molecule has 7 heteroatoms. The highest BCUT2D eigenvalue weighted by Gasteiger charge is 2.13. The third-order valence-electron chi connectivity index (χ3n) is 3.74. The Labute approximate surface area is 125 Å². The fourth-order valence-electron chi connectivity index (χ4n) is 2.71. The quantitative estimate of drug-likeness (QED) is 0.619. The first-order valence-electron chi connectivity index (χ1n) is 7.11. The van der Waals surface area contributed by atoms with E-state index in [1.807, 2.05) is 21.2 Å². The summed E-state index contributed by atoms with van der Waals surface area (Å²) in [6, 6.07) is 3.63. The molecule has 110 valence electrons. The fraction of sp³-hybridized carbons (Fsp3) is 0.200. The van der Waals surface area contributed by atoms with E-state index in [4.69, 9.17) is 0 Å². The van der Waals surface area contributed by atoms with Gasteiger partial charge in [0.15, 0.2) is 5.65 Å². The van der Waals surface area contributed by atoms with Gasteiger partial charge in [-0.2, -0.15) is 0 Å². The van der Waals surface area contributed by atoms with Crippen LogP contribution in [0.25, 0.3) is 16.7 Å². The van der Waals surface area contributed by atoms with Crippen LogP contribution in [0.3, 0.4) is 0 Å². The van der Waals surface area contributed by atoms with Crippen LogP contribution in [0.2, 0.25) is 0 Å².